The van der Waals surface area contributed by atoms with Gasteiger partial charge in [0, 0.05) is 0 Å². The van der Waals surface area contributed by atoms with Crippen molar-refractivity contribution >= 4 is 0 Å². The summed E-state index contributed by atoms with van der Waals surface area (Å²) < 4.78 is 87.0. The molecule has 0 radical (unpaired) electrons. The van der Waals surface area contributed by atoms with E-state index in [2.05, 4.69) is 4.74 Å². The minimum atomic E-state index is -6.34. The van der Waals surface area contributed by atoms with Gasteiger partial charge >= 0.3 is 18.2 Å². The van der Waals surface area contributed by atoms with Gasteiger partial charge in [-0.2, -0.15) is 30.7 Å². The first kappa shape index (κ1) is 14.5. The Hall–Kier alpha value is -0.530. The highest BCUT2D eigenvalue weighted by Crippen LogP contribution is 2.47. The average Bonchev–Trinajstić information content (AvgIpc) is 1.98. The van der Waals surface area contributed by atoms with Crippen molar-refractivity contribution in [2.24, 2.45) is 5.92 Å². The van der Waals surface area contributed by atoms with E-state index in [0.717, 1.165) is 0 Å². The molecule has 0 aromatic heterocycles. The maximum absolute atomic E-state index is 12.4. The predicted molar refractivity (Wildman–Crippen MR) is 36.7 cm³/mol. The number of ether oxygens (including phenoxy) is 1. The second-order valence-corrected chi connectivity index (χ2v) is 3.29. The van der Waals surface area contributed by atoms with Gasteiger partial charge in [-0.3, -0.25) is 0 Å². The fraction of sp³-hybridized carbons (Fsp3) is 1.00. The summed E-state index contributed by atoms with van der Waals surface area (Å²) >= 11 is 0. The van der Waals surface area contributed by atoms with Crippen LogP contribution in [0.1, 0.15) is 13.8 Å². The molecule has 0 fully saturated rings. The molecule has 8 heteroatoms. The summed E-state index contributed by atoms with van der Waals surface area (Å²) in [6.45, 7) is 1.78. The summed E-state index contributed by atoms with van der Waals surface area (Å²) in [6.07, 6.45) is -11.9. The van der Waals surface area contributed by atoms with Crippen molar-refractivity contribution in [1.82, 2.24) is 0 Å². The molecule has 0 spiro atoms. The van der Waals surface area contributed by atoms with Crippen LogP contribution >= 0.6 is 0 Å². The lowest BCUT2D eigenvalue weighted by Crippen LogP contribution is -2.53. The van der Waals surface area contributed by atoms with Crippen LogP contribution in [0, 0.1) is 5.92 Å². The summed E-state index contributed by atoms with van der Waals surface area (Å²) in [5, 5.41) is 0. The third-order valence-corrected chi connectivity index (χ3v) is 1.32. The van der Waals surface area contributed by atoms with Gasteiger partial charge in [-0.25, -0.2) is 0 Å². The molecule has 0 aliphatic rings. The summed E-state index contributed by atoms with van der Waals surface area (Å²) in [7, 11) is 0. The second kappa shape index (κ2) is 4.15. The van der Waals surface area contributed by atoms with E-state index in [1.165, 1.54) is 13.8 Å². The average molecular weight is 242 g/mol. The molecular weight excluding hydrogens is 233 g/mol. The molecule has 0 aromatic rings. The highest BCUT2D eigenvalue weighted by molar-refractivity contribution is 4.84. The lowest BCUT2D eigenvalue weighted by molar-refractivity contribution is -0.425. The van der Waals surface area contributed by atoms with E-state index >= 15 is 0 Å². The Labute approximate surface area is 81.2 Å². The Kier molecular flexibility index (Phi) is 4.00. The summed E-state index contributed by atoms with van der Waals surface area (Å²) in [5.74, 6) is -6.77. The van der Waals surface area contributed by atoms with E-state index in [0.29, 0.717) is 0 Å². The van der Waals surface area contributed by atoms with Crippen LogP contribution in [0.2, 0.25) is 0 Å². The van der Waals surface area contributed by atoms with Gasteiger partial charge in [0.25, 0.3) is 0 Å². The van der Waals surface area contributed by atoms with Crippen LogP contribution in [0.15, 0.2) is 0 Å². The molecule has 0 amide bonds. The molecule has 0 bridgehead atoms. The normalized spacial score (nSPS) is 14.8. The van der Waals surface area contributed by atoms with Crippen molar-refractivity contribution in [2.45, 2.75) is 32.1 Å². The Bertz CT molecular complexity index is 208. The van der Waals surface area contributed by atoms with Crippen LogP contribution < -0.4 is 0 Å². The molecule has 92 valence electrons. The fourth-order valence-electron chi connectivity index (χ4n) is 0.527. The number of hydrogen-bond donors (Lipinski definition) is 0. The summed E-state index contributed by atoms with van der Waals surface area (Å²) in [4.78, 5) is 0. The first-order valence-corrected chi connectivity index (χ1v) is 3.88. The van der Waals surface area contributed by atoms with E-state index in [1.807, 2.05) is 0 Å². The van der Waals surface area contributed by atoms with Crippen LogP contribution in [0.4, 0.5) is 30.7 Å². The fourth-order valence-corrected chi connectivity index (χ4v) is 0.527. The van der Waals surface area contributed by atoms with Gasteiger partial charge in [0.1, 0.15) is 0 Å². The first-order valence-electron chi connectivity index (χ1n) is 3.88. The van der Waals surface area contributed by atoms with Gasteiger partial charge in [0.05, 0.1) is 6.61 Å². The van der Waals surface area contributed by atoms with Gasteiger partial charge < -0.3 is 4.74 Å². The quantitative estimate of drug-likeness (QED) is 0.686. The van der Waals surface area contributed by atoms with E-state index < -0.39 is 30.7 Å². The Morgan fingerprint density at radius 2 is 1.33 bits per heavy atom. The maximum atomic E-state index is 12.4. The topological polar surface area (TPSA) is 9.23 Å². The zero-order chi connectivity index (χ0) is 12.5. The van der Waals surface area contributed by atoms with E-state index in [4.69, 9.17) is 0 Å². The van der Waals surface area contributed by atoms with E-state index in [1.54, 1.807) is 0 Å². The molecule has 0 aliphatic heterocycles. The van der Waals surface area contributed by atoms with Crippen molar-refractivity contribution in [3.05, 3.63) is 0 Å². The lowest BCUT2D eigenvalue weighted by Gasteiger charge is -2.28. The van der Waals surface area contributed by atoms with Crippen LogP contribution in [0.25, 0.3) is 0 Å². The Morgan fingerprint density at radius 1 is 0.933 bits per heavy atom. The van der Waals surface area contributed by atoms with Crippen molar-refractivity contribution < 1.29 is 35.5 Å². The molecule has 0 unspecified atom stereocenters. The molecule has 0 rings (SSSR count). The van der Waals surface area contributed by atoms with Crippen LogP contribution in [0.5, 0.6) is 0 Å². The largest absolute Gasteiger partial charge is 0.462 e. The highest BCUT2D eigenvalue weighted by Gasteiger charge is 2.74. The van der Waals surface area contributed by atoms with Crippen molar-refractivity contribution in [2.75, 3.05) is 6.61 Å². The van der Waals surface area contributed by atoms with Crippen molar-refractivity contribution in [3.63, 3.8) is 0 Å². The molecule has 0 saturated heterocycles. The molecule has 1 nitrogen and oxygen atoms in total. The minimum absolute atomic E-state index is 0.583. The molecule has 0 N–H and O–H groups in total. The molecule has 0 aromatic carbocycles. The third-order valence-electron chi connectivity index (χ3n) is 1.32. The van der Waals surface area contributed by atoms with Crippen LogP contribution in [0.3, 0.4) is 0 Å². The molecule has 0 heterocycles. The highest BCUT2D eigenvalue weighted by atomic mass is 19.4. The summed E-state index contributed by atoms with van der Waals surface area (Å²) in [5.41, 5.74) is 0. The van der Waals surface area contributed by atoms with Gasteiger partial charge in [-0.1, -0.05) is 13.8 Å². The number of alkyl halides is 7. The van der Waals surface area contributed by atoms with E-state index in [-0.39, 0.29) is 0 Å². The van der Waals surface area contributed by atoms with Crippen LogP contribution in [-0.4, -0.2) is 24.8 Å². The van der Waals surface area contributed by atoms with Crippen molar-refractivity contribution in [3.8, 4) is 0 Å². The SMILES string of the molecule is CC(C)COC(F)(F)C(F)(F)C(F)(F)F. The molecular formula is C7H9F7O. The molecule has 0 aliphatic carbocycles. The smallest absolute Gasteiger partial charge is 0.315 e. The Balaban J connectivity index is 4.70. The second-order valence-electron chi connectivity index (χ2n) is 3.29. The molecule has 0 saturated carbocycles. The maximum Gasteiger partial charge on any atom is 0.462 e. The summed E-state index contributed by atoms with van der Waals surface area (Å²) in [6, 6.07) is 0. The van der Waals surface area contributed by atoms with Crippen molar-refractivity contribution in [1.29, 1.82) is 0 Å². The number of rotatable bonds is 4. The van der Waals surface area contributed by atoms with E-state index in [9.17, 15) is 30.7 Å². The standard InChI is InChI=1S/C7H9F7O/c1-4(2)3-15-7(13,14)5(8,9)6(10,11)12/h4H,3H2,1-2H3. The zero-order valence-corrected chi connectivity index (χ0v) is 7.84. The number of halogens is 7. The monoisotopic (exact) mass is 242 g/mol. The van der Waals surface area contributed by atoms with Gasteiger partial charge in [0.15, 0.2) is 0 Å². The zero-order valence-electron chi connectivity index (χ0n) is 7.84. The molecule has 15 heavy (non-hydrogen) atoms. The predicted octanol–water partition coefficient (Wildman–Crippen LogP) is 3.45. The first-order chi connectivity index (χ1) is 6.42. The Morgan fingerprint density at radius 3 is 1.60 bits per heavy atom. The molecule has 0 atom stereocenters. The third kappa shape index (κ3) is 3.22. The lowest BCUT2D eigenvalue weighted by atomic mass is 10.2. The van der Waals surface area contributed by atoms with Gasteiger partial charge in [-0.15, -0.1) is 0 Å². The van der Waals surface area contributed by atoms with Gasteiger partial charge in [-0.05, 0) is 5.92 Å². The van der Waals surface area contributed by atoms with Crippen LogP contribution in [-0.2, 0) is 4.74 Å². The number of hydrogen-bond acceptors (Lipinski definition) is 1. The minimum Gasteiger partial charge on any atom is -0.315 e. The van der Waals surface area contributed by atoms with Gasteiger partial charge in [0.2, 0.25) is 0 Å².